The summed E-state index contributed by atoms with van der Waals surface area (Å²) < 4.78 is 39.6. The second-order valence-corrected chi connectivity index (χ2v) is 10.3. The average Bonchev–Trinajstić information content (AvgIpc) is 2.66. The van der Waals surface area contributed by atoms with Gasteiger partial charge in [-0.15, -0.1) is 0 Å². The highest BCUT2D eigenvalue weighted by molar-refractivity contribution is 7.92. The zero-order valence-corrected chi connectivity index (χ0v) is 19.4. The van der Waals surface area contributed by atoms with E-state index in [1.54, 1.807) is 13.0 Å². The van der Waals surface area contributed by atoms with E-state index in [-0.39, 0.29) is 16.7 Å². The molecule has 0 saturated heterocycles. The highest BCUT2D eigenvalue weighted by Crippen LogP contribution is 2.27. The van der Waals surface area contributed by atoms with Crippen LogP contribution < -0.4 is 15.4 Å². The molecule has 0 bridgehead atoms. The van der Waals surface area contributed by atoms with Crippen molar-refractivity contribution in [2.24, 2.45) is 0 Å². The van der Waals surface area contributed by atoms with E-state index in [0.29, 0.717) is 12.1 Å². The molecule has 0 aromatic heterocycles. The summed E-state index contributed by atoms with van der Waals surface area (Å²) in [6.07, 6.45) is 2.30. The molecule has 168 valence electrons. The molecular formula is C23H30FN3O3S. The maximum atomic E-state index is 14.5. The molecule has 3 N–H and O–H groups in total. The van der Waals surface area contributed by atoms with Crippen molar-refractivity contribution in [1.29, 1.82) is 0 Å². The SMILES string of the molecule is C=Cc1cc(C(C)NC(=O)NCc2ccc(C(C)(C)C)cc2)cc(F)c1NS(C)(=O)=O. The number of hydrogen-bond donors (Lipinski definition) is 3. The minimum atomic E-state index is -3.65. The van der Waals surface area contributed by atoms with Gasteiger partial charge in [0.25, 0.3) is 0 Å². The van der Waals surface area contributed by atoms with E-state index in [4.69, 9.17) is 0 Å². The first kappa shape index (κ1) is 24.4. The van der Waals surface area contributed by atoms with Gasteiger partial charge in [0.15, 0.2) is 0 Å². The van der Waals surface area contributed by atoms with Crippen molar-refractivity contribution in [3.63, 3.8) is 0 Å². The number of benzene rings is 2. The van der Waals surface area contributed by atoms with Crippen LogP contribution in [-0.4, -0.2) is 20.7 Å². The van der Waals surface area contributed by atoms with Gasteiger partial charge in [0, 0.05) is 12.1 Å². The van der Waals surface area contributed by atoms with Crippen molar-refractivity contribution in [3.8, 4) is 0 Å². The molecular weight excluding hydrogens is 417 g/mol. The third-order valence-corrected chi connectivity index (χ3v) is 5.35. The maximum Gasteiger partial charge on any atom is 0.315 e. The monoisotopic (exact) mass is 447 g/mol. The fourth-order valence-corrected chi connectivity index (χ4v) is 3.58. The number of carbonyl (C=O) groups excluding carboxylic acids is 1. The lowest BCUT2D eigenvalue weighted by atomic mass is 9.87. The van der Waals surface area contributed by atoms with Crippen molar-refractivity contribution in [3.05, 3.63) is 71.0 Å². The molecule has 0 heterocycles. The van der Waals surface area contributed by atoms with Gasteiger partial charge in [0.1, 0.15) is 5.82 Å². The fourth-order valence-electron chi connectivity index (χ4n) is 2.99. The van der Waals surface area contributed by atoms with Crippen LogP contribution in [0.4, 0.5) is 14.9 Å². The lowest BCUT2D eigenvalue weighted by Crippen LogP contribution is -2.36. The lowest BCUT2D eigenvalue weighted by molar-refractivity contribution is 0.237. The Labute approximate surface area is 184 Å². The van der Waals surface area contributed by atoms with E-state index in [0.717, 1.165) is 11.8 Å². The molecule has 0 spiro atoms. The van der Waals surface area contributed by atoms with E-state index in [1.807, 2.05) is 24.3 Å². The molecule has 0 radical (unpaired) electrons. The Morgan fingerprint density at radius 1 is 1.19 bits per heavy atom. The Bertz CT molecular complexity index is 1060. The van der Waals surface area contributed by atoms with Gasteiger partial charge < -0.3 is 10.6 Å². The molecule has 6 nitrogen and oxygen atoms in total. The second-order valence-electron chi connectivity index (χ2n) is 8.54. The number of amides is 2. The number of anilines is 1. The van der Waals surface area contributed by atoms with E-state index in [1.165, 1.54) is 17.7 Å². The van der Waals surface area contributed by atoms with Crippen LogP contribution in [0.3, 0.4) is 0 Å². The van der Waals surface area contributed by atoms with Crippen molar-refractivity contribution in [1.82, 2.24) is 10.6 Å². The number of rotatable bonds is 7. The molecule has 0 aliphatic heterocycles. The summed E-state index contributed by atoms with van der Waals surface area (Å²) in [7, 11) is -3.65. The predicted molar refractivity (Wildman–Crippen MR) is 124 cm³/mol. The number of halogens is 1. The third-order valence-electron chi connectivity index (χ3n) is 4.77. The molecule has 8 heteroatoms. The highest BCUT2D eigenvalue weighted by atomic mass is 32.2. The summed E-state index contributed by atoms with van der Waals surface area (Å²) in [6, 6.07) is 9.91. The first-order valence-electron chi connectivity index (χ1n) is 9.87. The number of sulfonamides is 1. The first-order valence-corrected chi connectivity index (χ1v) is 11.8. The van der Waals surface area contributed by atoms with Crippen molar-refractivity contribution >= 4 is 27.8 Å². The molecule has 1 unspecified atom stereocenters. The Hall–Kier alpha value is -2.87. The zero-order chi connectivity index (χ0) is 23.4. The zero-order valence-electron chi connectivity index (χ0n) is 18.5. The normalized spacial score (nSPS) is 12.7. The topological polar surface area (TPSA) is 87.3 Å². The maximum absolute atomic E-state index is 14.5. The van der Waals surface area contributed by atoms with Gasteiger partial charge in [0.2, 0.25) is 10.0 Å². The van der Waals surface area contributed by atoms with Crippen molar-refractivity contribution < 1.29 is 17.6 Å². The minimum absolute atomic E-state index is 0.0602. The standard InChI is InChI=1S/C23H30FN3O3S/c1-7-17-12-18(13-20(24)21(17)27-31(6,29)30)15(2)26-22(28)25-14-16-8-10-19(11-9-16)23(3,4)5/h7-13,15,27H,1,14H2,2-6H3,(H2,25,26,28). The highest BCUT2D eigenvalue weighted by Gasteiger charge is 2.17. The van der Waals surface area contributed by atoms with Crippen molar-refractivity contribution in [2.75, 3.05) is 11.0 Å². The third kappa shape index (κ3) is 7.10. The van der Waals surface area contributed by atoms with Crippen LogP contribution in [0.2, 0.25) is 0 Å². The smallest absolute Gasteiger partial charge is 0.315 e. The average molecular weight is 448 g/mol. The van der Waals surface area contributed by atoms with Crippen molar-refractivity contribution in [2.45, 2.75) is 45.7 Å². The fraction of sp³-hybridized carbons (Fsp3) is 0.348. The molecule has 0 aliphatic rings. The first-order chi connectivity index (χ1) is 14.3. The molecule has 2 aromatic carbocycles. The van der Waals surface area contributed by atoms with Gasteiger partial charge in [-0.2, -0.15) is 0 Å². The molecule has 0 saturated carbocycles. The Kier molecular flexibility index (Phi) is 7.49. The largest absolute Gasteiger partial charge is 0.334 e. The van der Waals surface area contributed by atoms with Gasteiger partial charge in [-0.3, -0.25) is 4.72 Å². The molecule has 1 atom stereocenters. The summed E-state index contributed by atoms with van der Waals surface area (Å²) in [5.74, 6) is -0.745. The molecule has 2 rings (SSSR count). The summed E-state index contributed by atoms with van der Waals surface area (Å²) in [5, 5.41) is 5.55. The molecule has 0 aliphatic carbocycles. The van der Waals surface area contributed by atoms with Gasteiger partial charge >= 0.3 is 6.03 Å². The number of hydrogen-bond acceptors (Lipinski definition) is 3. The van der Waals surface area contributed by atoms with Crippen LogP contribution in [0.1, 0.15) is 56.0 Å². The Morgan fingerprint density at radius 3 is 2.32 bits per heavy atom. The van der Waals surface area contributed by atoms with Gasteiger partial charge in [-0.1, -0.05) is 57.7 Å². The van der Waals surface area contributed by atoms with Gasteiger partial charge in [-0.05, 0) is 41.2 Å². The molecule has 2 aromatic rings. The van der Waals surface area contributed by atoms with E-state index >= 15 is 0 Å². The molecule has 2 amide bonds. The van der Waals surface area contributed by atoms with Gasteiger partial charge in [0.05, 0.1) is 18.0 Å². The van der Waals surface area contributed by atoms with Crippen LogP contribution in [0, 0.1) is 5.82 Å². The molecule has 31 heavy (non-hydrogen) atoms. The van der Waals surface area contributed by atoms with Gasteiger partial charge in [-0.25, -0.2) is 17.6 Å². The minimum Gasteiger partial charge on any atom is -0.334 e. The van der Waals surface area contributed by atoms with Crippen LogP contribution in [-0.2, 0) is 22.0 Å². The Balaban J connectivity index is 2.04. The van der Waals surface area contributed by atoms with Crippen LogP contribution in [0.5, 0.6) is 0 Å². The number of nitrogens with one attached hydrogen (secondary N) is 3. The number of urea groups is 1. The second kappa shape index (κ2) is 9.51. The molecule has 0 fully saturated rings. The van der Waals surface area contributed by atoms with Crippen LogP contribution >= 0.6 is 0 Å². The summed E-state index contributed by atoms with van der Waals surface area (Å²) in [5.41, 5.74) is 2.83. The quantitative estimate of drug-likeness (QED) is 0.575. The predicted octanol–water partition coefficient (Wildman–Crippen LogP) is 4.70. The van der Waals surface area contributed by atoms with E-state index in [2.05, 4.69) is 42.7 Å². The summed E-state index contributed by atoms with van der Waals surface area (Å²) in [4.78, 5) is 12.3. The Morgan fingerprint density at radius 2 is 1.81 bits per heavy atom. The summed E-state index contributed by atoms with van der Waals surface area (Å²) >= 11 is 0. The van der Waals surface area contributed by atoms with Crippen LogP contribution in [0.15, 0.2) is 43.0 Å². The van der Waals surface area contributed by atoms with E-state index in [9.17, 15) is 17.6 Å². The summed E-state index contributed by atoms with van der Waals surface area (Å²) in [6.45, 7) is 12.1. The number of carbonyl (C=O) groups is 1. The van der Waals surface area contributed by atoms with Crippen LogP contribution in [0.25, 0.3) is 6.08 Å². The van der Waals surface area contributed by atoms with E-state index < -0.39 is 27.9 Å². The lowest BCUT2D eigenvalue weighted by Gasteiger charge is -2.19.